The Morgan fingerprint density at radius 3 is 2.48 bits per heavy atom. The Bertz CT molecular complexity index is 1320. The second kappa shape index (κ2) is 8.78. The van der Waals surface area contributed by atoms with Crippen molar-refractivity contribution in [1.82, 2.24) is 9.97 Å². The van der Waals surface area contributed by atoms with E-state index in [4.69, 9.17) is 0 Å². The molecule has 1 amide bonds. The lowest BCUT2D eigenvalue weighted by atomic mass is 10.1. The number of para-hydroxylation sites is 1. The maximum Gasteiger partial charge on any atom is 0.266 e. The molecule has 4 aromatic rings. The van der Waals surface area contributed by atoms with Crippen LogP contribution in [0.15, 0.2) is 54.9 Å². The molecular weight excluding hydrogens is 437 g/mol. The minimum Gasteiger partial charge on any atom is -0.368 e. The number of aryl methyl sites for hydroxylation is 2. The highest BCUT2D eigenvalue weighted by molar-refractivity contribution is 7.20. The maximum atomic E-state index is 13.7. The SMILES string of the molecule is Cc1ccc(F)cc1NC(=O)c1sc2ncnc(N3CCN(c4ccccc4)CC3)c2c1C. The van der Waals surface area contributed by atoms with Gasteiger partial charge in [-0.25, -0.2) is 14.4 Å². The zero-order valence-electron chi connectivity index (χ0n) is 18.5. The third-order valence-electron chi connectivity index (χ3n) is 6.06. The van der Waals surface area contributed by atoms with Crippen LogP contribution in [0.4, 0.5) is 21.6 Å². The number of piperazine rings is 1. The van der Waals surface area contributed by atoms with Crippen molar-refractivity contribution in [2.24, 2.45) is 0 Å². The topological polar surface area (TPSA) is 61.4 Å². The van der Waals surface area contributed by atoms with Gasteiger partial charge in [0.1, 0.15) is 22.8 Å². The van der Waals surface area contributed by atoms with Gasteiger partial charge in [0.05, 0.1) is 10.3 Å². The average Bonchev–Trinajstić information content (AvgIpc) is 3.19. The molecule has 2 aromatic carbocycles. The lowest BCUT2D eigenvalue weighted by molar-refractivity contribution is 0.103. The van der Waals surface area contributed by atoms with Crippen molar-refractivity contribution in [3.8, 4) is 0 Å². The molecule has 1 aliphatic heterocycles. The molecule has 0 bridgehead atoms. The van der Waals surface area contributed by atoms with E-state index in [1.54, 1.807) is 12.4 Å². The molecule has 0 atom stereocenters. The first-order valence-corrected chi connectivity index (χ1v) is 11.7. The Balaban J connectivity index is 1.40. The van der Waals surface area contributed by atoms with Crippen LogP contribution in [0.1, 0.15) is 20.8 Å². The first-order valence-electron chi connectivity index (χ1n) is 10.9. The number of halogens is 1. The molecule has 2 aromatic heterocycles. The van der Waals surface area contributed by atoms with Crippen molar-refractivity contribution < 1.29 is 9.18 Å². The number of nitrogens with one attached hydrogen (secondary N) is 1. The molecule has 0 aliphatic carbocycles. The first kappa shape index (κ1) is 21.3. The fraction of sp³-hybridized carbons (Fsp3) is 0.240. The molecule has 8 heteroatoms. The molecule has 168 valence electrons. The number of aromatic nitrogens is 2. The van der Waals surface area contributed by atoms with Gasteiger partial charge < -0.3 is 15.1 Å². The summed E-state index contributed by atoms with van der Waals surface area (Å²) in [5.41, 5.74) is 3.35. The smallest absolute Gasteiger partial charge is 0.266 e. The standard InChI is InChI=1S/C25H24FN5OS/c1-16-8-9-18(26)14-20(16)29-24(32)22-17(2)21-23(27-15-28-25(21)33-22)31-12-10-30(11-13-31)19-6-4-3-5-7-19/h3-9,14-15H,10-13H2,1-2H3,(H,29,32). The van der Waals surface area contributed by atoms with Gasteiger partial charge in [0.2, 0.25) is 0 Å². The minimum absolute atomic E-state index is 0.260. The van der Waals surface area contributed by atoms with E-state index in [9.17, 15) is 9.18 Å². The number of carbonyl (C=O) groups is 1. The van der Waals surface area contributed by atoms with E-state index in [1.165, 1.54) is 29.2 Å². The van der Waals surface area contributed by atoms with E-state index >= 15 is 0 Å². The van der Waals surface area contributed by atoms with E-state index in [0.717, 1.165) is 53.3 Å². The summed E-state index contributed by atoms with van der Waals surface area (Å²) in [6.07, 6.45) is 1.57. The van der Waals surface area contributed by atoms with Gasteiger partial charge in [-0.2, -0.15) is 0 Å². The van der Waals surface area contributed by atoms with Crippen LogP contribution in [0.2, 0.25) is 0 Å². The molecule has 5 rings (SSSR count). The Kier molecular flexibility index (Phi) is 5.68. The lowest BCUT2D eigenvalue weighted by Crippen LogP contribution is -2.46. The normalized spacial score (nSPS) is 14.0. The Hall–Kier alpha value is -3.52. The number of hydrogen-bond acceptors (Lipinski definition) is 6. The van der Waals surface area contributed by atoms with Gasteiger partial charge in [0.25, 0.3) is 5.91 Å². The van der Waals surface area contributed by atoms with Crippen molar-refractivity contribution in [1.29, 1.82) is 0 Å². The molecule has 0 spiro atoms. The van der Waals surface area contributed by atoms with E-state index < -0.39 is 0 Å². The van der Waals surface area contributed by atoms with Gasteiger partial charge in [-0.1, -0.05) is 24.3 Å². The highest BCUT2D eigenvalue weighted by Gasteiger charge is 2.25. The molecule has 3 heterocycles. The highest BCUT2D eigenvalue weighted by atomic mass is 32.1. The molecule has 6 nitrogen and oxygen atoms in total. The van der Waals surface area contributed by atoms with E-state index in [1.807, 2.05) is 19.9 Å². The minimum atomic E-state index is -0.383. The number of carbonyl (C=O) groups excluding carboxylic acids is 1. The van der Waals surface area contributed by atoms with Gasteiger partial charge in [0, 0.05) is 37.6 Å². The van der Waals surface area contributed by atoms with E-state index in [0.29, 0.717) is 10.6 Å². The van der Waals surface area contributed by atoms with Crippen molar-refractivity contribution in [2.45, 2.75) is 13.8 Å². The number of benzene rings is 2. The molecule has 0 saturated carbocycles. The van der Waals surface area contributed by atoms with Crippen LogP contribution in [0, 0.1) is 19.7 Å². The third-order valence-corrected chi connectivity index (χ3v) is 7.26. The summed E-state index contributed by atoms with van der Waals surface area (Å²) >= 11 is 1.34. The van der Waals surface area contributed by atoms with Crippen molar-refractivity contribution in [2.75, 3.05) is 41.3 Å². The van der Waals surface area contributed by atoms with Crippen LogP contribution in [-0.2, 0) is 0 Å². The highest BCUT2D eigenvalue weighted by Crippen LogP contribution is 2.36. The van der Waals surface area contributed by atoms with Crippen molar-refractivity contribution in [3.63, 3.8) is 0 Å². The van der Waals surface area contributed by atoms with Gasteiger partial charge in [-0.3, -0.25) is 4.79 Å². The lowest BCUT2D eigenvalue weighted by Gasteiger charge is -2.37. The quantitative estimate of drug-likeness (QED) is 0.462. The molecule has 1 aliphatic rings. The number of hydrogen-bond donors (Lipinski definition) is 1. The molecule has 0 radical (unpaired) electrons. The van der Waals surface area contributed by atoms with Crippen molar-refractivity contribution >= 4 is 44.7 Å². The summed E-state index contributed by atoms with van der Waals surface area (Å²) in [5.74, 6) is 0.221. The summed E-state index contributed by atoms with van der Waals surface area (Å²) < 4.78 is 13.7. The van der Waals surface area contributed by atoms with Gasteiger partial charge in [0.15, 0.2) is 0 Å². The second-order valence-electron chi connectivity index (χ2n) is 8.16. The summed E-state index contributed by atoms with van der Waals surface area (Å²) in [5, 5.41) is 3.77. The Labute approximate surface area is 195 Å². The number of thiophene rings is 1. The number of anilines is 3. The summed E-state index contributed by atoms with van der Waals surface area (Å²) in [6.45, 7) is 7.22. The van der Waals surface area contributed by atoms with Gasteiger partial charge in [-0.15, -0.1) is 11.3 Å². The van der Waals surface area contributed by atoms with Crippen LogP contribution in [0.5, 0.6) is 0 Å². The molecule has 1 N–H and O–H groups in total. The van der Waals surface area contributed by atoms with Crippen LogP contribution < -0.4 is 15.1 Å². The van der Waals surface area contributed by atoms with Crippen LogP contribution in [0.25, 0.3) is 10.2 Å². The van der Waals surface area contributed by atoms with Gasteiger partial charge >= 0.3 is 0 Å². The van der Waals surface area contributed by atoms with Crippen LogP contribution >= 0.6 is 11.3 Å². The Morgan fingerprint density at radius 1 is 1.00 bits per heavy atom. The summed E-state index contributed by atoms with van der Waals surface area (Å²) in [7, 11) is 0. The fourth-order valence-corrected chi connectivity index (χ4v) is 5.27. The molecule has 1 fully saturated rings. The fourth-order valence-electron chi connectivity index (χ4n) is 4.23. The summed E-state index contributed by atoms with van der Waals surface area (Å²) in [6, 6.07) is 14.8. The number of nitrogens with zero attached hydrogens (tertiary/aromatic N) is 4. The van der Waals surface area contributed by atoms with Gasteiger partial charge in [-0.05, 0) is 49.2 Å². The zero-order chi connectivity index (χ0) is 22.9. The Morgan fingerprint density at radius 2 is 1.73 bits per heavy atom. The molecule has 33 heavy (non-hydrogen) atoms. The third kappa shape index (κ3) is 4.14. The zero-order valence-corrected chi connectivity index (χ0v) is 19.3. The first-order chi connectivity index (χ1) is 16.0. The number of fused-ring (bicyclic) bond motifs is 1. The monoisotopic (exact) mass is 461 g/mol. The molecular formula is C25H24FN5OS. The predicted octanol–water partition coefficient (Wildman–Crippen LogP) is 5.03. The number of amides is 1. The maximum absolute atomic E-state index is 13.7. The molecule has 0 unspecified atom stereocenters. The van der Waals surface area contributed by atoms with E-state index in [-0.39, 0.29) is 11.7 Å². The van der Waals surface area contributed by atoms with Crippen LogP contribution in [-0.4, -0.2) is 42.1 Å². The second-order valence-corrected chi connectivity index (χ2v) is 9.16. The molecule has 1 saturated heterocycles. The van der Waals surface area contributed by atoms with E-state index in [2.05, 4.69) is 49.4 Å². The average molecular weight is 462 g/mol. The van der Waals surface area contributed by atoms with Crippen LogP contribution in [0.3, 0.4) is 0 Å². The van der Waals surface area contributed by atoms with Crippen molar-refractivity contribution in [3.05, 3.63) is 76.7 Å². The summed E-state index contributed by atoms with van der Waals surface area (Å²) in [4.78, 5) is 28.1. The largest absolute Gasteiger partial charge is 0.368 e. The predicted molar refractivity (Wildman–Crippen MR) is 132 cm³/mol. The number of rotatable bonds is 4.